The molecule has 6 heteroatoms. The molecule has 1 aromatic heterocycles. The van der Waals surface area contributed by atoms with E-state index < -0.39 is 17.8 Å². The van der Waals surface area contributed by atoms with Crippen molar-refractivity contribution in [1.82, 2.24) is 10.3 Å². The number of hydrogen-bond donors (Lipinski definition) is 2. The summed E-state index contributed by atoms with van der Waals surface area (Å²) in [5.41, 5.74) is 6.79. The number of nitrogens with two attached hydrogens (primary N) is 1. The fraction of sp³-hybridized carbons (Fsp3) is 0.214. The lowest BCUT2D eigenvalue weighted by Crippen LogP contribution is -2.20. The van der Waals surface area contributed by atoms with Crippen LogP contribution in [0.1, 0.15) is 22.7 Å². The van der Waals surface area contributed by atoms with E-state index in [4.69, 9.17) is 5.73 Å². The normalized spacial score (nSPS) is 13.2. The first-order valence-corrected chi connectivity index (χ1v) is 5.97. The van der Waals surface area contributed by atoms with E-state index in [1.54, 1.807) is 25.4 Å². The molecule has 0 saturated heterocycles. The first-order chi connectivity index (χ1) is 9.43. The molecular formula is C14H14F3N3. The summed E-state index contributed by atoms with van der Waals surface area (Å²) in [7, 11) is 1.66. The van der Waals surface area contributed by atoms with Crippen LogP contribution in [0.3, 0.4) is 0 Å². The number of benzene rings is 1. The van der Waals surface area contributed by atoms with E-state index >= 15 is 0 Å². The smallest absolute Gasteiger partial charge is 0.398 e. The van der Waals surface area contributed by atoms with Gasteiger partial charge in [-0.25, -0.2) is 0 Å². The van der Waals surface area contributed by atoms with E-state index in [1.807, 2.05) is 0 Å². The van der Waals surface area contributed by atoms with Crippen LogP contribution in [0.25, 0.3) is 0 Å². The molecule has 0 amide bonds. The maximum atomic E-state index is 12.8. The molecule has 0 saturated carbocycles. The van der Waals surface area contributed by atoms with E-state index in [2.05, 4.69) is 10.3 Å². The zero-order valence-electron chi connectivity index (χ0n) is 10.8. The van der Waals surface area contributed by atoms with Gasteiger partial charge in [-0.15, -0.1) is 0 Å². The number of halogens is 3. The lowest BCUT2D eigenvalue weighted by atomic mass is 9.97. The number of pyridine rings is 1. The largest absolute Gasteiger partial charge is 0.416 e. The molecule has 0 spiro atoms. The Morgan fingerprint density at radius 2 is 2.00 bits per heavy atom. The summed E-state index contributed by atoms with van der Waals surface area (Å²) in [6.07, 6.45) is -1.27. The van der Waals surface area contributed by atoms with E-state index in [9.17, 15) is 13.2 Å². The average molecular weight is 281 g/mol. The highest BCUT2D eigenvalue weighted by Crippen LogP contribution is 2.32. The number of alkyl halides is 3. The Balaban J connectivity index is 2.46. The second-order valence-corrected chi connectivity index (χ2v) is 4.35. The van der Waals surface area contributed by atoms with Gasteiger partial charge in [-0.2, -0.15) is 13.2 Å². The zero-order chi connectivity index (χ0) is 14.8. The maximum Gasteiger partial charge on any atom is 0.416 e. The summed E-state index contributed by atoms with van der Waals surface area (Å²) in [5, 5.41) is 2.97. The minimum atomic E-state index is -4.37. The monoisotopic (exact) mass is 281 g/mol. The van der Waals surface area contributed by atoms with Crippen LogP contribution in [0, 0.1) is 0 Å². The van der Waals surface area contributed by atoms with Crippen molar-refractivity contribution in [3.8, 4) is 0 Å². The van der Waals surface area contributed by atoms with Crippen molar-refractivity contribution >= 4 is 5.69 Å². The molecule has 0 aliphatic carbocycles. The molecule has 1 aromatic carbocycles. The molecule has 106 valence electrons. The molecule has 0 aliphatic heterocycles. The van der Waals surface area contributed by atoms with Crippen molar-refractivity contribution in [3.05, 3.63) is 59.4 Å². The van der Waals surface area contributed by atoms with Gasteiger partial charge in [0.2, 0.25) is 0 Å². The molecule has 0 radical (unpaired) electrons. The number of rotatable bonds is 3. The molecule has 1 heterocycles. The number of nitrogens with one attached hydrogen (secondary N) is 1. The second-order valence-electron chi connectivity index (χ2n) is 4.35. The molecular weight excluding hydrogens is 267 g/mol. The van der Waals surface area contributed by atoms with Crippen molar-refractivity contribution in [1.29, 1.82) is 0 Å². The Kier molecular flexibility index (Phi) is 3.94. The minimum absolute atomic E-state index is 0.439. The Morgan fingerprint density at radius 3 is 2.60 bits per heavy atom. The predicted molar refractivity (Wildman–Crippen MR) is 71.0 cm³/mol. The van der Waals surface area contributed by atoms with Gasteiger partial charge in [0.1, 0.15) is 0 Å². The quantitative estimate of drug-likeness (QED) is 0.909. The summed E-state index contributed by atoms with van der Waals surface area (Å²) in [6, 6.07) is 6.35. The summed E-state index contributed by atoms with van der Waals surface area (Å²) in [5.74, 6) is 0. The number of hydrogen-bond acceptors (Lipinski definition) is 3. The molecule has 1 unspecified atom stereocenters. The summed E-state index contributed by atoms with van der Waals surface area (Å²) >= 11 is 0. The van der Waals surface area contributed by atoms with Crippen LogP contribution in [-0.2, 0) is 6.18 Å². The Labute approximate surface area is 114 Å². The van der Waals surface area contributed by atoms with Gasteiger partial charge in [0.05, 0.1) is 11.6 Å². The van der Waals surface area contributed by atoms with Crippen LogP contribution < -0.4 is 11.1 Å². The van der Waals surface area contributed by atoms with Crippen molar-refractivity contribution in [2.24, 2.45) is 0 Å². The van der Waals surface area contributed by atoms with E-state index in [0.717, 1.165) is 12.1 Å². The number of nitrogen functional groups attached to an aromatic ring is 1. The second kappa shape index (κ2) is 5.50. The van der Waals surface area contributed by atoms with E-state index in [-0.39, 0.29) is 0 Å². The lowest BCUT2D eigenvalue weighted by Gasteiger charge is -2.19. The third-order valence-corrected chi connectivity index (χ3v) is 3.03. The average Bonchev–Trinajstić information content (AvgIpc) is 2.41. The predicted octanol–water partition coefficient (Wildman–Crippen LogP) is 2.99. The van der Waals surface area contributed by atoms with Gasteiger partial charge < -0.3 is 11.1 Å². The maximum absolute atomic E-state index is 12.8. The zero-order valence-corrected chi connectivity index (χ0v) is 10.8. The molecule has 3 N–H and O–H groups in total. The van der Waals surface area contributed by atoms with Crippen molar-refractivity contribution < 1.29 is 13.2 Å². The van der Waals surface area contributed by atoms with E-state index in [0.29, 0.717) is 16.8 Å². The van der Waals surface area contributed by atoms with Crippen molar-refractivity contribution in [2.75, 3.05) is 12.8 Å². The van der Waals surface area contributed by atoms with Crippen LogP contribution in [0.15, 0.2) is 42.7 Å². The van der Waals surface area contributed by atoms with Crippen LogP contribution in [0.2, 0.25) is 0 Å². The van der Waals surface area contributed by atoms with Gasteiger partial charge in [0, 0.05) is 23.6 Å². The third kappa shape index (κ3) is 2.91. The Bertz CT molecular complexity index is 596. The molecule has 20 heavy (non-hydrogen) atoms. The number of anilines is 1. The summed E-state index contributed by atoms with van der Waals surface area (Å²) in [4.78, 5) is 3.97. The third-order valence-electron chi connectivity index (χ3n) is 3.03. The van der Waals surface area contributed by atoms with Crippen LogP contribution in [0.4, 0.5) is 18.9 Å². The first-order valence-electron chi connectivity index (χ1n) is 5.97. The standard InChI is InChI=1S/C14H14F3N3/c1-19-13(11-8-20-6-5-12(11)18)9-3-2-4-10(7-9)14(15,16)17/h2-8,13,19H,1H3,(H2,18,20). The number of aromatic nitrogens is 1. The lowest BCUT2D eigenvalue weighted by molar-refractivity contribution is -0.137. The number of nitrogens with zero attached hydrogens (tertiary/aromatic N) is 1. The molecule has 0 bridgehead atoms. The van der Waals surface area contributed by atoms with Gasteiger partial charge in [0.25, 0.3) is 0 Å². The van der Waals surface area contributed by atoms with Gasteiger partial charge in [-0.05, 0) is 30.8 Å². The van der Waals surface area contributed by atoms with Crippen molar-refractivity contribution in [3.63, 3.8) is 0 Å². The molecule has 2 rings (SSSR count). The van der Waals surface area contributed by atoms with Gasteiger partial charge in [-0.3, -0.25) is 4.98 Å². The minimum Gasteiger partial charge on any atom is -0.398 e. The molecule has 2 aromatic rings. The molecule has 0 fully saturated rings. The highest BCUT2D eigenvalue weighted by Gasteiger charge is 2.31. The molecule has 0 aliphatic rings. The highest BCUT2D eigenvalue weighted by molar-refractivity contribution is 5.50. The SMILES string of the molecule is CNC(c1cccc(C(F)(F)F)c1)c1cnccc1N. The Hall–Kier alpha value is -2.08. The molecule has 3 nitrogen and oxygen atoms in total. The van der Waals surface area contributed by atoms with Gasteiger partial charge in [-0.1, -0.05) is 12.1 Å². The van der Waals surface area contributed by atoms with Gasteiger partial charge >= 0.3 is 6.18 Å². The van der Waals surface area contributed by atoms with Gasteiger partial charge in [0.15, 0.2) is 0 Å². The molecule has 1 atom stereocenters. The first kappa shape index (κ1) is 14.3. The summed E-state index contributed by atoms with van der Waals surface area (Å²) in [6.45, 7) is 0. The highest BCUT2D eigenvalue weighted by atomic mass is 19.4. The fourth-order valence-electron chi connectivity index (χ4n) is 2.05. The van der Waals surface area contributed by atoms with E-state index in [1.165, 1.54) is 12.3 Å². The van der Waals surface area contributed by atoms with Crippen LogP contribution >= 0.6 is 0 Å². The van der Waals surface area contributed by atoms with Crippen LogP contribution in [0.5, 0.6) is 0 Å². The fourth-order valence-corrected chi connectivity index (χ4v) is 2.05. The topological polar surface area (TPSA) is 50.9 Å². The summed E-state index contributed by atoms with van der Waals surface area (Å²) < 4.78 is 38.3. The van der Waals surface area contributed by atoms with Crippen molar-refractivity contribution in [2.45, 2.75) is 12.2 Å². The van der Waals surface area contributed by atoms with Crippen LogP contribution in [-0.4, -0.2) is 12.0 Å². The Morgan fingerprint density at radius 1 is 1.25 bits per heavy atom.